The molecule has 0 bridgehead atoms. The van der Waals surface area contributed by atoms with Crippen LogP contribution < -0.4 is 5.73 Å². The number of nitrogen functional groups attached to an aromatic ring is 1. The monoisotopic (exact) mass is 314 g/mol. The molecule has 1 saturated carbocycles. The molecule has 1 saturated heterocycles. The lowest BCUT2D eigenvalue weighted by molar-refractivity contribution is -0.00874. The molecule has 1 aliphatic heterocycles. The van der Waals surface area contributed by atoms with Crippen LogP contribution in [0.5, 0.6) is 0 Å². The van der Waals surface area contributed by atoms with E-state index in [4.69, 9.17) is 14.9 Å². The first-order valence-electron chi connectivity index (χ1n) is 7.78. The summed E-state index contributed by atoms with van der Waals surface area (Å²) in [6, 6.07) is 3.39. The van der Waals surface area contributed by atoms with Crippen LogP contribution in [-0.4, -0.2) is 40.5 Å². The lowest BCUT2D eigenvalue weighted by Crippen LogP contribution is -2.43. The van der Waals surface area contributed by atoms with Crippen LogP contribution in [0.2, 0.25) is 0 Å². The third kappa shape index (κ3) is 2.68. The number of nitrogens with two attached hydrogens (primary N) is 1. The van der Waals surface area contributed by atoms with Crippen LogP contribution in [-0.2, 0) is 4.74 Å². The van der Waals surface area contributed by atoms with Gasteiger partial charge in [-0.2, -0.15) is 0 Å². The number of hydrogen-bond acceptors (Lipinski definition) is 6. The molecular weight excluding hydrogens is 296 g/mol. The number of nitrogens with zero attached hydrogens (tertiary/aromatic N) is 3. The average molecular weight is 314 g/mol. The topological polar surface area (TPSA) is 94.5 Å². The second kappa shape index (κ2) is 5.66. The van der Waals surface area contributed by atoms with E-state index >= 15 is 0 Å². The van der Waals surface area contributed by atoms with Crippen LogP contribution >= 0.6 is 0 Å². The van der Waals surface area contributed by atoms with E-state index in [2.05, 4.69) is 9.97 Å². The van der Waals surface area contributed by atoms with Crippen molar-refractivity contribution in [2.45, 2.75) is 24.8 Å². The SMILES string of the molecule is Nc1nc(C2CC2)ncc1C(=O)N1CCOCC1c1ccco1. The maximum Gasteiger partial charge on any atom is 0.259 e. The molecule has 0 spiro atoms. The second-order valence-corrected chi connectivity index (χ2v) is 5.91. The van der Waals surface area contributed by atoms with Crippen LogP contribution in [0, 0.1) is 0 Å². The third-order valence-corrected chi connectivity index (χ3v) is 4.27. The average Bonchev–Trinajstić information content (AvgIpc) is 3.29. The molecule has 4 rings (SSSR count). The molecule has 2 aromatic rings. The van der Waals surface area contributed by atoms with E-state index < -0.39 is 0 Å². The van der Waals surface area contributed by atoms with Gasteiger partial charge in [-0.05, 0) is 25.0 Å². The molecule has 1 atom stereocenters. The van der Waals surface area contributed by atoms with Crippen molar-refractivity contribution in [2.75, 3.05) is 25.5 Å². The summed E-state index contributed by atoms with van der Waals surface area (Å²) >= 11 is 0. The Morgan fingerprint density at radius 2 is 2.26 bits per heavy atom. The first-order valence-corrected chi connectivity index (χ1v) is 7.78. The van der Waals surface area contributed by atoms with Crippen molar-refractivity contribution >= 4 is 11.7 Å². The number of ether oxygens (including phenoxy) is 1. The molecule has 1 amide bonds. The summed E-state index contributed by atoms with van der Waals surface area (Å²) in [5.74, 6) is 1.91. The van der Waals surface area contributed by atoms with Gasteiger partial charge < -0.3 is 19.8 Å². The fraction of sp³-hybridized carbons (Fsp3) is 0.438. The fourth-order valence-corrected chi connectivity index (χ4v) is 2.83. The van der Waals surface area contributed by atoms with E-state index in [1.54, 1.807) is 23.4 Å². The van der Waals surface area contributed by atoms with Crippen molar-refractivity contribution < 1.29 is 13.9 Å². The molecular formula is C16H18N4O3. The minimum atomic E-state index is -0.256. The van der Waals surface area contributed by atoms with Crippen LogP contribution in [0.4, 0.5) is 5.82 Å². The maximum absolute atomic E-state index is 12.9. The van der Waals surface area contributed by atoms with Gasteiger partial charge in [-0.3, -0.25) is 4.79 Å². The van der Waals surface area contributed by atoms with Crippen LogP contribution in [0.1, 0.15) is 46.7 Å². The largest absolute Gasteiger partial charge is 0.467 e. The first-order chi connectivity index (χ1) is 11.2. The van der Waals surface area contributed by atoms with Gasteiger partial charge in [0.15, 0.2) is 0 Å². The van der Waals surface area contributed by atoms with Gasteiger partial charge >= 0.3 is 0 Å². The van der Waals surface area contributed by atoms with Gasteiger partial charge in [0, 0.05) is 18.7 Å². The van der Waals surface area contributed by atoms with Gasteiger partial charge in [-0.15, -0.1) is 0 Å². The van der Waals surface area contributed by atoms with Crippen molar-refractivity contribution in [1.82, 2.24) is 14.9 Å². The molecule has 23 heavy (non-hydrogen) atoms. The highest BCUT2D eigenvalue weighted by Crippen LogP contribution is 2.38. The Morgan fingerprint density at radius 3 is 2.96 bits per heavy atom. The minimum Gasteiger partial charge on any atom is -0.467 e. The number of amides is 1. The lowest BCUT2D eigenvalue weighted by atomic mass is 10.1. The molecule has 2 N–H and O–H groups in total. The summed E-state index contributed by atoms with van der Waals surface area (Å²) in [6.07, 6.45) is 5.33. The lowest BCUT2D eigenvalue weighted by Gasteiger charge is -2.34. The van der Waals surface area contributed by atoms with Crippen molar-refractivity contribution in [3.8, 4) is 0 Å². The quantitative estimate of drug-likeness (QED) is 0.927. The molecule has 1 unspecified atom stereocenters. The Balaban J connectivity index is 1.61. The molecule has 2 fully saturated rings. The zero-order valence-electron chi connectivity index (χ0n) is 12.6. The van der Waals surface area contributed by atoms with Crippen molar-refractivity contribution in [3.05, 3.63) is 41.7 Å². The molecule has 2 aliphatic rings. The Bertz CT molecular complexity index is 712. The molecule has 7 nitrogen and oxygen atoms in total. The molecule has 7 heteroatoms. The van der Waals surface area contributed by atoms with Crippen LogP contribution in [0.25, 0.3) is 0 Å². The van der Waals surface area contributed by atoms with Gasteiger partial charge in [0.05, 0.1) is 19.5 Å². The Hall–Kier alpha value is -2.41. The Morgan fingerprint density at radius 1 is 1.39 bits per heavy atom. The highest BCUT2D eigenvalue weighted by atomic mass is 16.5. The van der Waals surface area contributed by atoms with Crippen molar-refractivity contribution in [3.63, 3.8) is 0 Å². The highest BCUT2D eigenvalue weighted by Gasteiger charge is 2.33. The van der Waals surface area contributed by atoms with Crippen LogP contribution in [0.15, 0.2) is 29.0 Å². The maximum atomic E-state index is 12.9. The number of carbonyl (C=O) groups excluding carboxylic acids is 1. The van der Waals surface area contributed by atoms with E-state index in [1.807, 2.05) is 6.07 Å². The zero-order chi connectivity index (χ0) is 15.8. The number of morpholine rings is 1. The molecule has 2 aromatic heterocycles. The normalized spacial score (nSPS) is 21.4. The predicted octanol–water partition coefficient (Wildman–Crippen LogP) is 1.74. The summed E-state index contributed by atoms with van der Waals surface area (Å²) in [5, 5.41) is 0. The van der Waals surface area contributed by atoms with Gasteiger partial charge in [-0.1, -0.05) is 0 Å². The van der Waals surface area contributed by atoms with Gasteiger partial charge in [0.25, 0.3) is 5.91 Å². The van der Waals surface area contributed by atoms with E-state index in [9.17, 15) is 4.79 Å². The zero-order valence-corrected chi connectivity index (χ0v) is 12.6. The van der Waals surface area contributed by atoms with Crippen LogP contribution in [0.3, 0.4) is 0 Å². The van der Waals surface area contributed by atoms with Gasteiger partial charge in [-0.25, -0.2) is 9.97 Å². The molecule has 120 valence electrons. The third-order valence-electron chi connectivity index (χ3n) is 4.27. The van der Waals surface area contributed by atoms with Crippen molar-refractivity contribution in [2.24, 2.45) is 0 Å². The molecule has 0 radical (unpaired) electrons. The summed E-state index contributed by atoms with van der Waals surface area (Å²) in [4.78, 5) is 23.2. The van der Waals surface area contributed by atoms with E-state index in [-0.39, 0.29) is 17.8 Å². The highest BCUT2D eigenvalue weighted by molar-refractivity contribution is 5.98. The number of anilines is 1. The summed E-state index contributed by atoms with van der Waals surface area (Å²) in [6.45, 7) is 1.37. The fourth-order valence-electron chi connectivity index (χ4n) is 2.83. The molecule has 3 heterocycles. The molecule has 1 aliphatic carbocycles. The smallest absolute Gasteiger partial charge is 0.259 e. The van der Waals surface area contributed by atoms with E-state index in [0.29, 0.717) is 37.0 Å². The Labute approximate surface area is 133 Å². The Kier molecular flexibility index (Phi) is 3.49. The predicted molar refractivity (Wildman–Crippen MR) is 81.7 cm³/mol. The first kappa shape index (κ1) is 14.2. The second-order valence-electron chi connectivity index (χ2n) is 5.91. The van der Waals surface area contributed by atoms with E-state index in [0.717, 1.165) is 18.7 Å². The summed E-state index contributed by atoms with van der Waals surface area (Å²) < 4.78 is 10.9. The van der Waals surface area contributed by atoms with Gasteiger partial charge in [0.2, 0.25) is 0 Å². The van der Waals surface area contributed by atoms with E-state index in [1.165, 1.54) is 0 Å². The number of hydrogen-bond donors (Lipinski definition) is 1. The van der Waals surface area contributed by atoms with Crippen molar-refractivity contribution in [1.29, 1.82) is 0 Å². The molecule has 0 aromatic carbocycles. The summed E-state index contributed by atoms with van der Waals surface area (Å²) in [5.41, 5.74) is 6.35. The minimum absolute atomic E-state index is 0.186. The number of rotatable bonds is 3. The summed E-state index contributed by atoms with van der Waals surface area (Å²) in [7, 11) is 0. The number of carbonyl (C=O) groups is 1. The van der Waals surface area contributed by atoms with Gasteiger partial charge in [0.1, 0.15) is 29.0 Å². The number of aromatic nitrogens is 2. The standard InChI is InChI=1S/C16H18N4O3/c17-14-11(8-18-15(19-14)10-3-4-10)16(21)20-5-7-22-9-12(20)13-2-1-6-23-13/h1-2,6,8,10,12H,3-5,7,9H2,(H2,17,18,19). The number of furan rings is 1.